The zero-order valence-corrected chi connectivity index (χ0v) is 14.9. The van der Waals surface area contributed by atoms with Crippen LogP contribution in [0.15, 0.2) is 59.2 Å². The van der Waals surface area contributed by atoms with Crippen molar-refractivity contribution in [3.63, 3.8) is 0 Å². The number of morpholine rings is 1. The number of hydrogen-bond acceptors (Lipinski definition) is 5. The van der Waals surface area contributed by atoms with Crippen LogP contribution < -0.4 is 10.2 Å². The molecule has 3 aromatic rings. The summed E-state index contributed by atoms with van der Waals surface area (Å²) in [7, 11) is 0. The lowest BCUT2D eigenvalue weighted by Crippen LogP contribution is -2.37. The molecular weight excluding hydrogens is 342 g/mol. The highest BCUT2D eigenvalue weighted by atomic mass is 16.5. The fourth-order valence-electron chi connectivity index (χ4n) is 3.11. The van der Waals surface area contributed by atoms with Crippen molar-refractivity contribution in [2.45, 2.75) is 6.54 Å². The molecule has 27 heavy (non-hydrogen) atoms. The molecule has 6 heteroatoms. The Kier molecular flexibility index (Phi) is 5.16. The molecule has 1 aromatic carbocycles. The number of para-hydroxylation sites is 1. The minimum atomic E-state index is -0.174. The molecule has 1 aliphatic rings. The zero-order valence-electron chi connectivity index (χ0n) is 14.9. The number of hydrogen-bond donors (Lipinski definition) is 1. The molecule has 2 aromatic heterocycles. The van der Waals surface area contributed by atoms with Crippen LogP contribution in [0.25, 0.3) is 17.0 Å². The van der Waals surface area contributed by atoms with E-state index in [0.29, 0.717) is 25.5 Å². The number of furan rings is 1. The van der Waals surface area contributed by atoms with Gasteiger partial charge in [0.25, 0.3) is 0 Å². The van der Waals surface area contributed by atoms with Gasteiger partial charge in [-0.2, -0.15) is 0 Å². The molecule has 0 radical (unpaired) electrons. The zero-order chi connectivity index (χ0) is 18.5. The van der Waals surface area contributed by atoms with Crippen LogP contribution in [0, 0.1) is 0 Å². The van der Waals surface area contributed by atoms with Crippen molar-refractivity contribution < 1.29 is 13.9 Å². The Morgan fingerprint density at radius 1 is 1.19 bits per heavy atom. The van der Waals surface area contributed by atoms with Gasteiger partial charge >= 0.3 is 0 Å². The number of fused-ring (bicyclic) bond motifs is 1. The van der Waals surface area contributed by atoms with Crippen molar-refractivity contribution in [2.24, 2.45) is 0 Å². The van der Waals surface area contributed by atoms with Gasteiger partial charge in [-0.3, -0.25) is 4.79 Å². The van der Waals surface area contributed by atoms with Gasteiger partial charge in [-0.15, -0.1) is 0 Å². The van der Waals surface area contributed by atoms with E-state index >= 15 is 0 Å². The van der Waals surface area contributed by atoms with Gasteiger partial charge in [-0.25, -0.2) is 4.98 Å². The Morgan fingerprint density at radius 3 is 2.89 bits per heavy atom. The first-order valence-electron chi connectivity index (χ1n) is 9.01. The Bertz CT molecular complexity index is 925. The van der Waals surface area contributed by atoms with Crippen LogP contribution in [0.4, 0.5) is 5.82 Å². The predicted molar refractivity (Wildman–Crippen MR) is 104 cm³/mol. The second kappa shape index (κ2) is 8.05. The fraction of sp³-hybridized carbons (Fsp3) is 0.238. The molecule has 0 unspecified atom stereocenters. The lowest BCUT2D eigenvalue weighted by molar-refractivity contribution is -0.116. The normalized spacial score (nSPS) is 14.7. The van der Waals surface area contributed by atoms with Gasteiger partial charge in [0.05, 0.1) is 13.2 Å². The molecule has 4 rings (SSSR count). The van der Waals surface area contributed by atoms with Gasteiger partial charge in [0, 0.05) is 42.9 Å². The Hall–Kier alpha value is -3.12. The third-order valence-corrected chi connectivity index (χ3v) is 4.47. The van der Waals surface area contributed by atoms with Gasteiger partial charge in [0.1, 0.15) is 17.2 Å². The highest BCUT2D eigenvalue weighted by molar-refractivity contribution is 5.92. The SMILES string of the molecule is O=C(/C=C/c1cc2ccccc2o1)NCc1cccnc1N1CCOCC1. The quantitative estimate of drug-likeness (QED) is 0.706. The van der Waals surface area contributed by atoms with Gasteiger partial charge in [0.2, 0.25) is 5.91 Å². The van der Waals surface area contributed by atoms with E-state index in [-0.39, 0.29) is 5.91 Å². The molecule has 0 bridgehead atoms. The summed E-state index contributed by atoms with van der Waals surface area (Å²) in [6.45, 7) is 3.43. The maximum absolute atomic E-state index is 12.2. The highest BCUT2D eigenvalue weighted by Gasteiger charge is 2.15. The largest absolute Gasteiger partial charge is 0.457 e. The third-order valence-electron chi connectivity index (χ3n) is 4.47. The number of ether oxygens (including phenoxy) is 1. The average Bonchev–Trinajstić information content (AvgIpc) is 3.15. The molecule has 3 heterocycles. The molecule has 1 N–H and O–H groups in total. The second-order valence-electron chi connectivity index (χ2n) is 6.32. The van der Waals surface area contributed by atoms with Crippen molar-refractivity contribution in [1.82, 2.24) is 10.3 Å². The van der Waals surface area contributed by atoms with E-state index in [1.165, 1.54) is 6.08 Å². The van der Waals surface area contributed by atoms with Crippen molar-refractivity contribution in [1.29, 1.82) is 0 Å². The van der Waals surface area contributed by atoms with E-state index < -0.39 is 0 Å². The number of carbonyl (C=O) groups excluding carboxylic acids is 1. The van der Waals surface area contributed by atoms with Crippen LogP contribution in [0.5, 0.6) is 0 Å². The summed E-state index contributed by atoms with van der Waals surface area (Å²) in [5.41, 5.74) is 1.80. The lowest BCUT2D eigenvalue weighted by atomic mass is 10.2. The van der Waals surface area contributed by atoms with Crippen LogP contribution in [0.2, 0.25) is 0 Å². The van der Waals surface area contributed by atoms with Crippen LogP contribution in [0.1, 0.15) is 11.3 Å². The standard InChI is InChI=1S/C21H21N3O3/c25-20(8-7-18-14-16-4-1-2-6-19(16)27-18)23-15-17-5-3-9-22-21(17)24-10-12-26-13-11-24/h1-9,14H,10-13,15H2,(H,23,25)/b8-7+. The third kappa shape index (κ3) is 4.17. The monoisotopic (exact) mass is 363 g/mol. The van der Waals surface area contributed by atoms with E-state index in [1.807, 2.05) is 42.5 Å². The Labute approximate surface area is 157 Å². The number of anilines is 1. The molecule has 0 atom stereocenters. The van der Waals surface area contributed by atoms with Crippen LogP contribution in [-0.4, -0.2) is 37.2 Å². The van der Waals surface area contributed by atoms with E-state index in [4.69, 9.17) is 9.15 Å². The summed E-state index contributed by atoms with van der Waals surface area (Å²) < 4.78 is 11.1. The molecule has 0 aliphatic carbocycles. The number of nitrogens with one attached hydrogen (secondary N) is 1. The van der Waals surface area contributed by atoms with Crippen LogP contribution in [0.3, 0.4) is 0 Å². The number of amides is 1. The van der Waals surface area contributed by atoms with Gasteiger partial charge < -0.3 is 19.4 Å². The summed E-state index contributed by atoms with van der Waals surface area (Å²) in [5.74, 6) is 1.39. The first kappa shape index (κ1) is 17.3. The molecule has 0 spiro atoms. The number of pyridine rings is 1. The van der Waals surface area contributed by atoms with Gasteiger partial charge in [0.15, 0.2) is 0 Å². The molecule has 6 nitrogen and oxygen atoms in total. The molecule has 1 amide bonds. The number of rotatable bonds is 5. The van der Waals surface area contributed by atoms with E-state index in [0.717, 1.165) is 35.4 Å². The Balaban J connectivity index is 1.39. The number of nitrogens with zero attached hydrogens (tertiary/aromatic N) is 2. The Morgan fingerprint density at radius 2 is 2.04 bits per heavy atom. The summed E-state index contributed by atoms with van der Waals surface area (Å²) in [6, 6.07) is 13.5. The van der Waals surface area contributed by atoms with E-state index in [1.54, 1.807) is 12.3 Å². The first-order valence-corrected chi connectivity index (χ1v) is 9.01. The molecule has 1 saturated heterocycles. The minimum Gasteiger partial charge on any atom is -0.457 e. The maximum Gasteiger partial charge on any atom is 0.244 e. The second-order valence-corrected chi connectivity index (χ2v) is 6.32. The van der Waals surface area contributed by atoms with Gasteiger partial charge in [-0.1, -0.05) is 24.3 Å². The molecule has 138 valence electrons. The predicted octanol–water partition coefficient (Wildman–Crippen LogP) is 2.99. The van der Waals surface area contributed by atoms with Crippen molar-refractivity contribution in [2.75, 3.05) is 31.2 Å². The number of aromatic nitrogens is 1. The highest BCUT2D eigenvalue weighted by Crippen LogP contribution is 2.20. The lowest BCUT2D eigenvalue weighted by Gasteiger charge is -2.29. The van der Waals surface area contributed by atoms with Crippen molar-refractivity contribution in [3.05, 3.63) is 66.1 Å². The summed E-state index contributed by atoms with van der Waals surface area (Å²) >= 11 is 0. The average molecular weight is 363 g/mol. The molecule has 0 saturated carbocycles. The van der Waals surface area contributed by atoms with Crippen LogP contribution >= 0.6 is 0 Å². The maximum atomic E-state index is 12.2. The molecule has 1 fully saturated rings. The van der Waals surface area contributed by atoms with E-state index in [9.17, 15) is 4.79 Å². The minimum absolute atomic E-state index is 0.174. The summed E-state index contributed by atoms with van der Waals surface area (Å²) in [6.07, 6.45) is 4.95. The smallest absolute Gasteiger partial charge is 0.244 e. The number of benzene rings is 1. The number of carbonyl (C=O) groups is 1. The van der Waals surface area contributed by atoms with E-state index in [2.05, 4.69) is 15.2 Å². The van der Waals surface area contributed by atoms with Crippen molar-refractivity contribution >= 4 is 28.8 Å². The fourth-order valence-corrected chi connectivity index (χ4v) is 3.11. The summed E-state index contributed by atoms with van der Waals surface area (Å²) in [5, 5.41) is 3.93. The topological polar surface area (TPSA) is 67.6 Å². The van der Waals surface area contributed by atoms with Crippen molar-refractivity contribution in [3.8, 4) is 0 Å². The van der Waals surface area contributed by atoms with Crippen LogP contribution in [-0.2, 0) is 16.1 Å². The molecule has 1 aliphatic heterocycles. The summed E-state index contributed by atoms with van der Waals surface area (Å²) in [4.78, 5) is 18.9. The van der Waals surface area contributed by atoms with Gasteiger partial charge in [-0.05, 0) is 24.3 Å². The molecular formula is C21H21N3O3. The first-order chi connectivity index (χ1) is 13.3.